The molecule has 172 valence electrons. The van der Waals surface area contributed by atoms with E-state index in [0.717, 1.165) is 18.4 Å². The van der Waals surface area contributed by atoms with Crippen molar-refractivity contribution < 1.29 is 17.0 Å². The van der Waals surface area contributed by atoms with E-state index in [9.17, 15) is 8.42 Å². The second-order valence-electron chi connectivity index (χ2n) is 10.0. The van der Waals surface area contributed by atoms with Crippen LogP contribution in [0, 0.1) is 18.8 Å². The highest BCUT2D eigenvalue weighted by atomic mass is 32.2. The summed E-state index contributed by atoms with van der Waals surface area (Å²) in [5, 5.41) is 0.0721. The highest BCUT2D eigenvalue weighted by molar-refractivity contribution is 7.86. The molecule has 3 atom stereocenters. The van der Waals surface area contributed by atoms with Gasteiger partial charge in [-0.15, -0.1) is 0 Å². The first-order valence-electron chi connectivity index (χ1n) is 11.0. The van der Waals surface area contributed by atoms with Gasteiger partial charge in [0.25, 0.3) is 10.1 Å². The molecule has 0 spiro atoms. The Bertz CT molecular complexity index is 776. The van der Waals surface area contributed by atoms with Crippen LogP contribution in [-0.4, -0.2) is 29.4 Å². The lowest BCUT2D eigenvalue weighted by atomic mass is 10.0. The first-order chi connectivity index (χ1) is 13.7. The Morgan fingerprint density at radius 1 is 1.07 bits per heavy atom. The van der Waals surface area contributed by atoms with Crippen LogP contribution in [-0.2, 0) is 18.7 Å². The summed E-state index contributed by atoms with van der Waals surface area (Å²) < 4.78 is 37.3. The Balaban J connectivity index is 2.97. The van der Waals surface area contributed by atoms with E-state index in [4.69, 9.17) is 8.61 Å². The normalized spacial score (nSPS) is 16.6. The van der Waals surface area contributed by atoms with Crippen molar-refractivity contribution in [2.45, 2.75) is 90.4 Å². The van der Waals surface area contributed by atoms with E-state index < -0.39 is 18.4 Å². The zero-order chi connectivity index (χ0) is 23.2. The van der Waals surface area contributed by atoms with Crippen LogP contribution in [0.1, 0.15) is 59.9 Å². The largest absolute Gasteiger partial charge is 0.410 e. The Hall–Kier alpha value is -0.953. The van der Waals surface area contributed by atoms with Crippen molar-refractivity contribution in [2.24, 2.45) is 11.8 Å². The highest BCUT2D eigenvalue weighted by Crippen LogP contribution is 2.38. The van der Waals surface area contributed by atoms with Gasteiger partial charge in [-0.2, -0.15) is 8.42 Å². The molecule has 6 heteroatoms. The molecule has 0 fully saturated rings. The van der Waals surface area contributed by atoms with E-state index in [-0.39, 0.29) is 28.6 Å². The number of aryl methyl sites for hydroxylation is 1. The van der Waals surface area contributed by atoms with Gasteiger partial charge < -0.3 is 4.43 Å². The summed E-state index contributed by atoms with van der Waals surface area (Å²) in [5.74, 6) is 0.370. The summed E-state index contributed by atoms with van der Waals surface area (Å²) in [6.45, 7) is 19.5. The molecule has 0 amide bonds. The topological polar surface area (TPSA) is 52.6 Å². The molecule has 4 nitrogen and oxygen atoms in total. The van der Waals surface area contributed by atoms with E-state index >= 15 is 0 Å². The molecule has 0 saturated heterocycles. The molecule has 0 N–H and O–H groups in total. The van der Waals surface area contributed by atoms with Crippen molar-refractivity contribution >= 4 is 18.4 Å². The van der Waals surface area contributed by atoms with Crippen molar-refractivity contribution in [3.63, 3.8) is 0 Å². The van der Waals surface area contributed by atoms with E-state index in [1.807, 2.05) is 13.8 Å². The number of rotatable bonds is 11. The van der Waals surface area contributed by atoms with E-state index in [1.54, 1.807) is 24.3 Å². The van der Waals surface area contributed by atoms with Crippen LogP contribution in [0.15, 0.2) is 41.3 Å². The van der Waals surface area contributed by atoms with E-state index in [1.165, 1.54) is 0 Å². The third kappa shape index (κ3) is 8.29. The van der Waals surface area contributed by atoms with Crippen molar-refractivity contribution in [1.82, 2.24) is 0 Å². The van der Waals surface area contributed by atoms with E-state index in [2.05, 4.69) is 59.9 Å². The van der Waals surface area contributed by atoms with Gasteiger partial charge in [-0.1, -0.05) is 77.8 Å². The summed E-state index contributed by atoms with van der Waals surface area (Å²) in [7, 11) is -5.81. The zero-order valence-corrected chi connectivity index (χ0v) is 22.2. The Morgan fingerprint density at radius 2 is 1.63 bits per heavy atom. The second kappa shape index (κ2) is 11.1. The van der Waals surface area contributed by atoms with Crippen LogP contribution in [0.25, 0.3) is 0 Å². The van der Waals surface area contributed by atoms with Crippen molar-refractivity contribution in [3.8, 4) is 0 Å². The molecule has 0 aliphatic heterocycles. The smallest absolute Gasteiger partial charge is 0.296 e. The van der Waals surface area contributed by atoms with Gasteiger partial charge in [0.2, 0.25) is 0 Å². The van der Waals surface area contributed by atoms with Crippen molar-refractivity contribution in [3.05, 3.63) is 42.0 Å². The second-order valence-corrected chi connectivity index (χ2v) is 16.4. The minimum absolute atomic E-state index is 0.0721. The monoisotopic (exact) mass is 454 g/mol. The minimum atomic E-state index is -3.79. The number of benzene rings is 1. The van der Waals surface area contributed by atoms with Crippen LogP contribution in [0.4, 0.5) is 0 Å². The molecule has 0 bridgehead atoms. The summed E-state index contributed by atoms with van der Waals surface area (Å²) >= 11 is 0. The van der Waals surface area contributed by atoms with Gasteiger partial charge in [-0.05, 0) is 49.5 Å². The molecule has 0 aromatic heterocycles. The standard InChI is InChI=1S/C24H42O4SSi/c1-10-11-19(2)14-17-23(28-30(8,9)24(5,6)7)21(4)18-27-29(25,26)22-15-12-20(3)13-16-22/h12-17,19,21,23H,10-11,18H2,1-9H3/t19-,21-,23-/m0/s1. The van der Waals surface area contributed by atoms with Crippen LogP contribution in [0.2, 0.25) is 18.1 Å². The van der Waals surface area contributed by atoms with Crippen molar-refractivity contribution in [2.75, 3.05) is 6.61 Å². The van der Waals surface area contributed by atoms with Crippen LogP contribution >= 0.6 is 0 Å². The Labute approximate surface area is 186 Å². The molecular weight excluding hydrogens is 412 g/mol. The predicted octanol–water partition coefficient (Wildman–Crippen LogP) is 6.72. The molecule has 0 aliphatic rings. The molecule has 0 saturated carbocycles. The summed E-state index contributed by atoms with van der Waals surface area (Å²) in [5.41, 5.74) is 1.01. The minimum Gasteiger partial charge on any atom is -0.410 e. The fraction of sp³-hybridized carbons (Fsp3) is 0.667. The SMILES string of the molecule is CCC[C@H](C)C=C[C@H](O[Si](C)(C)C(C)(C)C)[C@@H](C)COS(=O)(=O)c1ccc(C)cc1. The first kappa shape index (κ1) is 27.1. The lowest BCUT2D eigenvalue weighted by Gasteiger charge is -2.40. The van der Waals surface area contributed by atoms with Crippen molar-refractivity contribution in [1.29, 1.82) is 0 Å². The molecule has 30 heavy (non-hydrogen) atoms. The molecule has 0 heterocycles. The van der Waals surface area contributed by atoms with Gasteiger partial charge in [0.1, 0.15) is 0 Å². The molecule has 0 unspecified atom stereocenters. The van der Waals surface area contributed by atoms with Crippen LogP contribution in [0.5, 0.6) is 0 Å². The van der Waals surface area contributed by atoms with E-state index in [0.29, 0.717) is 5.92 Å². The third-order valence-corrected chi connectivity index (χ3v) is 11.7. The fourth-order valence-electron chi connectivity index (χ4n) is 2.78. The van der Waals surface area contributed by atoms with Gasteiger partial charge in [-0.25, -0.2) is 0 Å². The molecule has 1 aromatic rings. The Morgan fingerprint density at radius 3 is 2.13 bits per heavy atom. The maximum Gasteiger partial charge on any atom is 0.296 e. The predicted molar refractivity (Wildman–Crippen MR) is 129 cm³/mol. The quantitative estimate of drug-likeness (QED) is 0.211. The molecule has 1 aromatic carbocycles. The third-order valence-electron chi connectivity index (χ3n) is 5.97. The first-order valence-corrected chi connectivity index (χ1v) is 15.3. The highest BCUT2D eigenvalue weighted by Gasteiger charge is 2.39. The number of allylic oxidation sites excluding steroid dienone is 1. The number of hydrogen-bond donors (Lipinski definition) is 0. The van der Waals surface area contributed by atoms with Gasteiger partial charge in [0.05, 0.1) is 17.6 Å². The lowest BCUT2D eigenvalue weighted by Crippen LogP contribution is -2.45. The average Bonchev–Trinajstić information content (AvgIpc) is 2.63. The average molecular weight is 455 g/mol. The molecular formula is C24H42O4SSi. The molecule has 0 radical (unpaired) electrons. The van der Waals surface area contributed by atoms with Gasteiger partial charge in [-0.3, -0.25) is 4.18 Å². The maximum atomic E-state index is 12.6. The summed E-state index contributed by atoms with van der Waals surface area (Å²) in [4.78, 5) is 0.189. The summed E-state index contributed by atoms with van der Waals surface area (Å²) in [6.07, 6.45) is 6.39. The summed E-state index contributed by atoms with van der Waals surface area (Å²) in [6, 6.07) is 6.73. The maximum absolute atomic E-state index is 12.6. The van der Waals surface area contributed by atoms with Crippen LogP contribution in [0.3, 0.4) is 0 Å². The number of hydrogen-bond acceptors (Lipinski definition) is 4. The fourth-order valence-corrected chi connectivity index (χ4v) is 5.12. The van der Waals surface area contributed by atoms with Gasteiger partial charge >= 0.3 is 0 Å². The van der Waals surface area contributed by atoms with Gasteiger partial charge in [0.15, 0.2) is 8.32 Å². The Kier molecular flexibility index (Phi) is 10.00. The molecule has 1 rings (SSSR count). The zero-order valence-electron chi connectivity index (χ0n) is 20.4. The lowest BCUT2D eigenvalue weighted by molar-refractivity contribution is 0.129. The molecule has 0 aliphatic carbocycles. The van der Waals surface area contributed by atoms with Crippen LogP contribution < -0.4 is 0 Å². The van der Waals surface area contributed by atoms with Gasteiger partial charge in [0, 0.05) is 5.92 Å².